The van der Waals surface area contributed by atoms with Gasteiger partial charge in [-0.2, -0.15) is 6.42 Å². The Bertz CT molecular complexity index is 275. The molecule has 0 aromatic heterocycles. The molecule has 0 rings (SSSR count). The molecule has 0 unspecified atom stereocenters. The number of carbonyl (C=O) groups excluding carboxylic acids is 2. The minimum absolute atomic E-state index is 0. The van der Waals surface area contributed by atoms with Gasteiger partial charge >= 0.3 is 0 Å². The monoisotopic (exact) mass is 358 g/mol. The second kappa shape index (κ2) is 11.9. The molecule has 0 aliphatic carbocycles. The standard InChI is InChI=1S/C10H18NO2.C6H13.Y/c1-10(2,3)8(12)6-5-7-9(13)11-4;1-5-6(2,3)4;/h4-7H2,1-3H3,(H,11,13);1,5H2,2-4H3;/q2*-1;. The summed E-state index contributed by atoms with van der Waals surface area (Å²) in [7, 11) is 3.25. The SMILES string of the molecule is [CH2-]CC(C)(C)C.[CH2-]NC(=O)CCCC(=O)C(C)(C)C.[Y]. The molecule has 1 N–H and O–H groups in total. The molecular formula is C16H31NO2Y-2. The summed E-state index contributed by atoms with van der Waals surface area (Å²) < 4.78 is 0. The molecule has 0 atom stereocenters. The van der Waals surface area contributed by atoms with Gasteiger partial charge in [0, 0.05) is 51.0 Å². The largest absolute Gasteiger partial charge is 0.508 e. The van der Waals surface area contributed by atoms with E-state index in [1.807, 2.05) is 20.8 Å². The topological polar surface area (TPSA) is 46.2 Å². The van der Waals surface area contributed by atoms with Crippen molar-refractivity contribution in [3.05, 3.63) is 14.0 Å². The van der Waals surface area contributed by atoms with Crippen molar-refractivity contribution < 1.29 is 42.3 Å². The van der Waals surface area contributed by atoms with Gasteiger partial charge in [0.1, 0.15) is 5.78 Å². The second-order valence-electron chi connectivity index (χ2n) is 6.94. The fourth-order valence-corrected chi connectivity index (χ4v) is 0.873. The third kappa shape index (κ3) is 18.2. The average Bonchev–Trinajstić information content (AvgIpc) is 2.27. The molecule has 0 aromatic carbocycles. The van der Waals surface area contributed by atoms with E-state index in [-0.39, 0.29) is 49.8 Å². The van der Waals surface area contributed by atoms with Crippen molar-refractivity contribution in [3.63, 3.8) is 0 Å². The van der Waals surface area contributed by atoms with Gasteiger partial charge in [0.15, 0.2) is 5.91 Å². The zero-order chi connectivity index (χ0) is 15.7. The summed E-state index contributed by atoms with van der Waals surface area (Å²) in [5, 5.41) is 2.28. The van der Waals surface area contributed by atoms with Crippen LogP contribution in [0, 0.1) is 24.8 Å². The number of amides is 1. The Labute approximate surface area is 150 Å². The van der Waals surface area contributed by atoms with Crippen molar-refractivity contribution in [1.29, 1.82) is 0 Å². The van der Waals surface area contributed by atoms with Crippen LogP contribution in [-0.2, 0) is 42.3 Å². The van der Waals surface area contributed by atoms with Gasteiger partial charge in [-0.3, -0.25) is 16.6 Å². The van der Waals surface area contributed by atoms with E-state index in [0.29, 0.717) is 24.7 Å². The zero-order valence-electron chi connectivity index (χ0n) is 14.1. The molecule has 1 radical (unpaired) electrons. The second-order valence-corrected chi connectivity index (χ2v) is 6.94. The molecule has 0 heterocycles. The summed E-state index contributed by atoms with van der Waals surface area (Å²) in [5.41, 5.74) is 0.140. The first-order valence-electron chi connectivity index (χ1n) is 6.82. The van der Waals surface area contributed by atoms with Gasteiger partial charge in [0.25, 0.3) is 0 Å². The van der Waals surface area contributed by atoms with Crippen LogP contribution >= 0.6 is 0 Å². The maximum atomic E-state index is 11.4. The Balaban J connectivity index is -0.000000352. The minimum atomic E-state index is -0.291. The van der Waals surface area contributed by atoms with Crippen LogP contribution in [0.3, 0.4) is 0 Å². The van der Waals surface area contributed by atoms with Crippen LogP contribution in [0.4, 0.5) is 0 Å². The average molecular weight is 358 g/mol. The third-order valence-corrected chi connectivity index (χ3v) is 2.59. The van der Waals surface area contributed by atoms with Crippen molar-refractivity contribution in [3.8, 4) is 0 Å². The van der Waals surface area contributed by atoms with Crippen LogP contribution in [0.15, 0.2) is 0 Å². The normalized spacial score (nSPS) is 10.8. The van der Waals surface area contributed by atoms with Gasteiger partial charge in [-0.15, -0.1) is 0 Å². The third-order valence-electron chi connectivity index (χ3n) is 2.59. The van der Waals surface area contributed by atoms with Gasteiger partial charge in [-0.25, -0.2) is 0 Å². The van der Waals surface area contributed by atoms with Gasteiger partial charge in [-0.05, 0) is 6.42 Å². The van der Waals surface area contributed by atoms with E-state index in [2.05, 4.69) is 40.1 Å². The summed E-state index contributed by atoms with van der Waals surface area (Å²) in [5.74, 6) is 0.0890. The number of nitrogens with one attached hydrogen (secondary N) is 1. The van der Waals surface area contributed by atoms with Crippen LogP contribution in [0.5, 0.6) is 0 Å². The van der Waals surface area contributed by atoms with Crippen molar-refractivity contribution in [2.24, 2.45) is 10.8 Å². The predicted molar refractivity (Wildman–Crippen MR) is 81.2 cm³/mol. The summed E-state index contributed by atoms with van der Waals surface area (Å²) in [6.07, 6.45) is 2.48. The quantitative estimate of drug-likeness (QED) is 0.774. The number of Topliss-reactive ketones (excluding diaryl/α,β-unsaturated/α-hetero) is 1. The maximum absolute atomic E-state index is 11.4. The van der Waals surface area contributed by atoms with Crippen molar-refractivity contribution in [1.82, 2.24) is 5.32 Å². The Hall–Kier alpha value is 0.244. The van der Waals surface area contributed by atoms with Crippen LogP contribution in [0.25, 0.3) is 0 Å². The summed E-state index contributed by atoms with van der Waals surface area (Å²) in [6, 6.07) is 0. The Morgan fingerprint density at radius 2 is 1.40 bits per heavy atom. The Morgan fingerprint density at radius 1 is 1.00 bits per heavy atom. The molecule has 0 aliphatic heterocycles. The molecule has 0 aliphatic rings. The first-order chi connectivity index (χ1) is 8.44. The van der Waals surface area contributed by atoms with E-state index in [0.717, 1.165) is 6.42 Å². The van der Waals surface area contributed by atoms with Gasteiger partial charge in [0.2, 0.25) is 0 Å². The van der Waals surface area contributed by atoms with Crippen LogP contribution < -0.4 is 5.32 Å². The van der Waals surface area contributed by atoms with Gasteiger partial charge < -0.3 is 12.2 Å². The van der Waals surface area contributed by atoms with Crippen LogP contribution in [0.1, 0.15) is 67.2 Å². The van der Waals surface area contributed by atoms with E-state index in [1.54, 1.807) is 0 Å². The molecule has 0 spiro atoms. The maximum Gasteiger partial charge on any atom is 0.190 e. The smallest absolute Gasteiger partial charge is 0.190 e. The number of carbonyl (C=O) groups is 2. The molecule has 117 valence electrons. The number of rotatable bonds is 4. The molecule has 4 heteroatoms. The van der Waals surface area contributed by atoms with Crippen molar-refractivity contribution >= 4 is 11.7 Å². The summed E-state index contributed by atoms with van der Waals surface area (Å²) >= 11 is 0. The van der Waals surface area contributed by atoms with E-state index in [4.69, 9.17) is 0 Å². The van der Waals surface area contributed by atoms with E-state index in [9.17, 15) is 9.59 Å². The fourth-order valence-electron chi connectivity index (χ4n) is 0.873. The summed E-state index contributed by atoms with van der Waals surface area (Å²) in [6.45, 7) is 16.0. The first-order valence-corrected chi connectivity index (χ1v) is 6.82. The predicted octanol–water partition coefficient (Wildman–Crippen LogP) is 3.93. The van der Waals surface area contributed by atoms with Crippen LogP contribution in [0.2, 0.25) is 0 Å². The number of ketones is 1. The van der Waals surface area contributed by atoms with Crippen LogP contribution in [-0.4, -0.2) is 11.7 Å². The molecule has 0 saturated heterocycles. The molecule has 0 aromatic rings. The Morgan fingerprint density at radius 3 is 1.65 bits per heavy atom. The van der Waals surface area contributed by atoms with E-state index < -0.39 is 0 Å². The van der Waals surface area contributed by atoms with E-state index in [1.165, 1.54) is 0 Å². The number of hydrogen-bond acceptors (Lipinski definition) is 2. The van der Waals surface area contributed by atoms with E-state index >= 15 is 0 Å². The molecule has 0 fully saturated rings. The molecule has 1 amide bonds. The Kier molecular flexibility index (Phi) is 14.9. The molecule has 20 heavy (non-hydrogen) atoms. The van der Waals surface area contributed by atoms with Crippen molar-refractivity contribution in [2.75, 3.05) is 0 Å². The summed E-state index contributed by atoms with van der Waals surface area (Å²) in [4.78, 5) is 22.1. The molecular weight excluding hydrogens is 327 g/mol. The molecule has 0 bridgehead atoms. The first kappa shape index (κ1) is 25.2. The molecule has 0 saturated carbocycles. The van der Waals surface area contributed by atoms with Crippen molar-refractivity contribution in [2.45, 2.75) is 67.2 Å². The van der Waals surface area contributed by atoms with Gasteiger partial charge in [-0.1, -0.05) is 47.0 Å². The fraction of sp³-hybridized carbons (Fsp3) is 0.750. The van der Waals surface area contributed by atoms with Gasteiger partial charge in [0.05, 0.1) is 0 Å². The number of hydrogen-bond donors (Lipinski definition) is 1. The zero-order valence-corrected chi connectivity index (χ0v) is 17.0. The minimum Gasteiger partial charge on any atom is -0.508 e. The molecule has 3 nitrogen and oxygen atoms in total.